The first-order valence-corrected chi connectivity index (χ1v) is 6.22. The maximum atomic E-state index is 10.5. The molecule has 0 fully saturated rings. The zero-order valence-electron chi connectivity index (χ0n) is 10.9. The van der Waals surface area contributed by atoms with Gasteiger partial charge in [0.15, 0.2) is 6.61 Å². The number of hydrazine groups is 1. The molecule has 104 valence electrons. The van der Waals surface area contributed by atoms with Gasteiger partial charge in [-0.05, 0) is 18.2 Å². The summed E-state index contributed by atoms with van der Waals surface area (Å²) in [7, 11) is 0. The van der Waals surface area contributed by atoms with Crippen molar-refractivity contribution in [2.45, 2.75) is 6.54 Å². The van der Waals surface area contributed by atoms with E-state index in [2.05, 4.69) is 10.9 Å². The van der Waals surface area contributed by atoms with Crippen molar-refractivity contribution < 1.29 is 14.6 Å². The standard InChI is InChI=1S/C15H16N2O3/c18-15(19)11-20-14-9-5-4-6-12(14)10-16-17-13-7-2-1-3-8-13/h1-9,16-17H,10-11H2,(H,18,19). The Hall–Kier alpha value is -2.53. The monoisotopic (exact) mass is 272 g/mol. The fraction of sp³-hybridized carbons (Fsp3) is 0.133. The summed E-state index contributed by atoms with van der Waals surface area (Å²) in [6, 6.07) is 17.0. The van der Waals surface area contributed by atoms with E-state index in [1.54, 1.807) is 6.07 Å². The average Bonchev–Trinajstić information content (AvgIpc) is 2.47. The molecule has 0 saturated carbocycles. The molecular formula is C15H16N2O3. The molecule has 0 aliphatic rings. The van der Waals surface area contributed by atoms with Crippen molar-refractivity contribution in [1.29, 1.82) is 0 Å². The van der Waals surface area contributed by atoms with Gasteiger partial charge in [0, 0.05) is 17.8 Å². The first-order valence-electron chi connectivity index (χ1n) is 6.22. The Morgan fingerprint density at radius 2 is 1.75 bits per heavy atom. The minimum Gasteiger partial charge on any atom is -0.482 e. The van der Waals surface area contributed by atoms with Crippen LogP contribution in [0.5, 0.6) is 5.75 Å². The molecule has 2 aromatic rings. The first kappa shape index (κ1) is 13.9. The Labute approximate surface area is 117 Å². The predicted octanol–water partition coefficient (Wildman–Crippen LogP) is 2.27. The van der Waals surface area contributed by atoms with Crippen LogP contribution in [-0.4, -0.2) is 17.7 Å². The van der Waals surface area contributed by atoms with Gasteiger partial charge in [0.25, 0.3) is 0 Å². The Morgan fingerprint density at radius 1 is 1.05 bits per heavy atom. The molecule has 2 rings (SSSR count). The molecule has 0 bridgehead atoms. The predicted molar refractivity (Wildman–Crippen MR) is 76.5 cm³/mol. The number of anilines is 1. The molecular weight excluding hydrogens is 256 g/mol. The lowest BCUT2D eigenvalue weighted by Gasteiger charge is -2.12. The van der Waals surface area contributed by atoms with Gasteiger partial charge in [-0.2, -0.15) is 0 Å². The van der Waals surface area contributed by atoms with E-state index >= 15 is 0 Å². The number of nitrogens with one attached hydrogen (secondary N) is 2. The van der Waals surface area contributed by atoms with Gasteiger partial charge in [-0.25, -0.2) is 10.2 Å². The molecule has 0 amide bonds. The number of hydrogen-bond acceptors (Lipinski definition) is 4. The highest BCUT2D eigenvalue weighted by Crippen LogP contribution is 2.17. The first-order chi connectivity index (χ1) is 9.75. The summed E-state index contributed by atoms with van der Waals surface area (Å²) in [5, 5.41) is 8.64. The van der Waals surface area contributed by atoms with E-state index in [0.717, 1.165) is 11.3 Å². The zero-order chi connectivity index (χ0) is 14.2. The number of para-hydroxylation sites is 2. The molecule has 0 unspecified atom stereocenters. The number of benzene rings is 2. The number of hydrogen-bond donors (Lipinski definition) is 3. The fourth-order valence-electron chi connectivity index (χ4n) is 1.69. The van der Waals surface area contributed by atoms with Crippen LogP contribution in [0, 0.1) is 0 Å². The van der Waals surface area contributed by atoms with Gasteiger partial charge in [-0.1, -0.05) is 36.4 Å². The van der Waals surface area contributed by atoms with Gasteiger partial charge < -0.3 is 15.3 Å². The van der Waals surface area contributed by atoms with Crippen molar-refractivity contribution >= 4 is 11.7 Å². The van der Waals surface area contributed by atoms with Gasteiger partial charge in [0.2, 0.25) is 0 Å². The third kappa shape index (κ3) is 4.29. The van der Waals surface area contributed by atoms with Crippen LogP contribution in [0.1, 0.15) is 5.56 Å². The fourth-order valence-corrected chi connectivity index (χ4v) is 1.69. The topological polar surface area (TPSA) is 70.6 Å². The molecule has 20 heavy (non-hydrogen) atoms. The van der Waals surface area contributed by atoms with E-state index in [0.29, 0.717) is 12.3 Å². The van der Waals surface area contributed by atoms with Crippen molar-refractivity contribution in [2.24, 2.45) is 0 Å². The van der Waals surface area contributed by atoms with E-state index < -0.39 is 5.97 Å². The van der Waals surface area contributed by atoms with Crippen molar-refractivity contribution in [3.8, 4) is 5.75 Å². The molecule has 2 aromatic carbocycles. The van der Waals surface area contributed by atoms with Crippen molar-refractivity contribution in [3.63, 3.8) is 0 Å². The smallest absolute Gasteiger partial charge is 0.341 e. The van der Waals surface area contributed by atoms with Crippen LogP contribution in [0.15, 0.2) is 54.6 Å². The Morgan fingerprint density at radius 3 is 2.50 bits per heavy atom. The molecule has 0 atom stereocenters. The summed E-state index contributed by atoms with van der Waals surface area (Å²) in [6.07, 6.45) is 0. The Balaban J connectivity index is 1.90. The number of carboxylic acids is 1. The number of ether oxygens (including phenoxy) is 1. The summed E-state index contributed by atoms with van der Waals surface area (Å²) in [6.45, 7) is 0.174. The zero-order valence-corrected chi connectivity index (χ0v) is 10.9. The largest absolute Gasteiger partial charge is 0.482 e. The highest BCUT2D eigenvalue weighted by Gasteiger charge is 2.04. The second-order valence-electron chi connectivity index (χ2n) is 4.13. The van der Waals surface area contributed by atoms with Gasteiger partial charge in [0.1, 0.15) is 5.75 Å². The normalized spacial score (nSPS) is 10.0. The SMILES string of the molecule is O=C(O)COc1ccccc1CNNc1ccccc1. The average molecular weight is 272 g/mol. The maximum Gasteiger partial charge on any atom is 0.341 e. The van der Waals surface area contributed by atoms with E-state index in [4.69, 9.17) is 9.84 Å². The van der Waals surface area contributed by atoms with E-state index in [9.17, 15) is 4.79 Å². The van der Waals surface area contributed by atoms with Crippen LogP contribution in [0.4, 0.5) is 5.69 Å². The maximum absolute atomic E-state index is 10.5. The van der Waals surface area contributed by atoms with Crippen LogP contribution in [0.3, 0.4) is 0 Å². The number of carbonyl (C=O) groups is 1. The summed E-state index contributed by atoms with van der Waals surface area (Å²) in [5.41, 5.74) is 7.97. The summed E-state index contributed by atoms with van der Waals surface area (Å²) < 4.78 is 5.23. The van der Waals surface area contributed by atoms with E-state index in [1.807, 2.05) is 48.5 Å². The summed E-state index contributed by atoms with van der Waals surface area (Å²) in [4.78, 5) is 10.5. The van der Waals surface area contributed by atoms with Crippen LogP contribution in [0.25, 0.3) is 0 Å². The number of rotatable bonds is 7. The lowest BCUT2D eigenvalue weighted by Crippen LogP contribution is -2.21. The molecule has 0 saturated heterocycles. The van der Waals surface area contributed by atoms with E-state index in [1.165, 1.54) is 0 Å². The molecule has 0 heterocycles. The molecule has 0 aliphatic carbocycles. The third-order valence-corrected chi connectivity index (χ3v) is 2.61. The Kier molecular flexibility index (Phi) is 4.97. The van der Waals surface area contributed by atoms with Gasteiger partial charge in [-0.15, -0.1) is 0 Å². The Bertz CT molecular complexity index is 558. The third-order valence-electron chi connectivity index (χ3n) is 2.61. The van der Waals surface area contributed by atoms with Crippen LogP contribution in [-0.2, 0) is 11.3 Å². The highest BCUT2D eigenvalue weighted by atomic mass is 16.5. The minimum absolute atomic E-state index is 0.344. The van der Waals surface area contributed by atoms with Gasteiger partial charge in [-0.3, -0.25) is 0 Å². The van der Waals surface area contributed by atoms with E-state index in [-0.39, 0.29) is 6.61 Å². The quantitative estimate of drug-likeness (QED) is 0.674. The molecule has 5 heteroatoms. The van der Waals surface area contributed by atoms with Crippen molar-refractivity contribution in [1.82, 2.24) is 5.43 Å². The molecule has 3 N–H and O–H groups in total. The second-order valence-corrected chi connectivity index (χ2v) is 4.13. The van der Waals surface area contributed by atoms with Crippen molar-refractivity contribution in [3.05, 3.63) is 60.2 Å². The van der Waals surface area contributed by atoms with Gasteiger partial charge in [0.05, 0.1) is 0 Å². The summed E-state index contributed by atoms with van der Waals surface area (Å²) in [5.74, 6) is -0.424. The lowest BCUT2D eigenvalue weighted by atomic mass is 10.2. The summed E-state index contributed by atoms with van der Waals surface area (Å²) >= 11 is 0. The van der Waals surface area contributed by atoms with Crippen LogP contribution in [0.2, 0.25) is 0 Å². The molecule has 0 spiro atoms. The van der Waals surface area contributed by atoms with Crippen molar-refractivity contribution in [2.75, 3.05) is 12.0 Å². The number of aliphatic carboxylic acids is 1. The molecule has 0 aromatic heterocycles. The van der Waals surface area contributed by atoms with Crippen LogP contribution < -0.4 is 15.6 Å². The highest BCUT2D eigenvalue weighted by molar-refractivity contribution is 5.68. The van der Waals surface area contributed by atoms with Gasteiger partial charge >= 0.3 is 5.97 Å². The molecule has 0 radical (unpaired) electrons. The minimum atomic E-state index is -0.991. The lowest BCUT2D eigenvalue weighted by molar-refractivity contribution is -0.139. The number of carboxylic acid groups (broad SMARTS) is 1. The molecule has 0 aliphatic heterocycles. The second kappa shape index (κ2) is 7.16. The van der Waals surface area contributed by atoms with Crippen LogP contribution >= 0.6 is 0 Å². The molecule has 5 nitrogen and oxygen atoms in total.